The molecule has 0 aromatic heterocycles. The molecule has 104 valence electrons. The molecule has 0 bridgehead atoms. The van der Waals surface area contributed by atoms with Crippen LogP contribution in [0.25, 0.3) is 0 Å². The van der Waals surface area contributed by atoms with Gasteiger partial charge in [-0.05, 0) is 43.4 Å². The maximum absolute atomic E-state index is 13.8. The summed E-state index contributed by atoms with van der Waals surface area (Å²) in [6, 6.07) is 2.85. The SMILES string of the molecule is Cc1cc(N)cc(C(=O)NCCOCC2CC2)c1F. The Hall–Kier alpha value is -1.62. The van der Waals surface area contributed by atoms with E-state index >= 15 is 0 Å². The molecule has 5 heteroatoms. The molecular formula is C14H19FN2O2. The lowest BCUT2D eigenvalue weighted by molar-refractivity contribution is 0.0902. The first-order chi connectivity index (χ1) is 9.08. The van der Waals surface area contributed by atoms with Crippen molar-refractivity contribution in [2.24, 2.45) is 5.92 Å². The van der Waals surface area contributed by atoms with Crippen LogP contribution in [0.3, 0.4) is 0 Å². The van der Waals surface area contributed by atoms with Gasteiger partial charge < -0.3 is 15.8 Å². The van der Waals surface area contributed by atoms with Gasteiger partial charge in [-0.1, -0.05) is 0 Å². The molecular weight excluding hydrogens is 247 g/mol. The molecule has 3 N–H and O–H groups in total. The summed E-state index contributed by atoms with van der Waals surface area (Å²) in [5.74, 6) is -0.279. The number of amides is 1. The zero-order valence-corrected chi connectivity index (χ0v) is 11.0. The number of nitrogens with one attached hydrogen (secondary N) is 1. The minimum atomic E-state index is -0.523. The van der Waals surface area contributed by atoms with Crippen LogP contribution in [0.15, 0.2) is 12.1 Å². The summed E-state index contributed by atoms with van der Waals surface area (Å²) in [6.07, 6.45) is 2.47. The van der Waals surface area contributed by atoms with Crippen molar-refractivity contribution in [1.29, 1.82) is 0 Å². The molecule has 0 radical (unpaired) electrons. The van der Waals surface area contributed by atoms with Crippen LogP contribution in [0.1, 0.15) is 28.8 Å². The van der Waals surface area contributed by atoms with Gasteiger partial charge in [-0.2, -0.15) is 0 Å². The highest BCUT2D eigenvalue weighted by Gasteiger charge is 2.21. The summed E-state index contributed by atoms with van der Waals surface area (Å²) >= 11 is 0. The van der Waals surface area contributed by atoms with E-state index in [-0.39, 0.29) is 5.56 Å². The van der Waals surface area contributed by atoms with Gasteiger partial charge in [0, 0.05) is 18.8 Å². The number of nitrogen functional groups attached to an aromatic ring is 1. The Morgan fingerprint density at radius 1 is 1.53 bits per heavy atom. The molecule has 1 aromatic rings. The van der Waals surface area contributed by atoms with Crippen molar-refractivity contribution in [3.63, 3.8) is 0 Å². The molecule has 0 unspecified atom stereocenters. The average Bonchev–Trinajstić information content (AvgIpc) is 3.17. The first-order valence-corrected chi connectivity index (χ1v) is 6.49. The number of halogens is 1. The maximum atomic E-state index is 13.8. The van der Waals surface area contributed by atoms with E-state index in [9.17, 15) is 9.18 Å². The number of nitrogens with two attached hydrogens (primary N) is 1. The second-order valence-corrected chi connectivity index (χ2v) is 4.97. The van der Waals surface area contributed by atoms with E-state index in [2.05, 4.69) is 5.32 Å². The number of carbonyl (C=O) groups is 1. The number of carbonyl (C=O) groups excluding carboxylic acids is 1. The molecule has 0 saturated heterocycles. The minimum absolute atomic E-state index is 0.0142. The van der Waals surface area contributed by atoms with Crippen LogP contribution in [0.5, 0.6) is 0 Å². The van der Waals surface area contributed by atoms with Crippen LogP contribution >= 0.6 is 0 Å². The summed E-state index contributed by atoms with van der Waals surface area (Å²) in [5.41, 5.74) is 6.35. The highest BCUT2D eigenvalue weighted by atomic mass is 19.1. The Labute approximate surface area is 112 Å². The topological polar surface area (TPSA) is 64.4 Å². The molecule has 1 fully saturated rings. The Balaban J connectivity index is 1.81. The zero-order chi connectivity index (χ0) is 13.8. The van der Waals surface area contributed by atoms with Crippen LogP contribution < -0.4 is 11.1 Å². The second-order valence-electron chi connectivity index (χ2n) is 4.97. The molecule has 19 heavy (non-hydrogen) atoms. The summed E-state index contributed by atoms with van der Waals surface area (Å²) in [7, 11) is 0. The van der Waals surface area contributed by atoms with E-state index in [1.165, 1.54) is 25.0 Å². The van der Waals surface area contributed by atoms with Gasteiger partial charge in [-0.15, -0.1) is 0 Å². The molecule has 1 aliphatic rings. The molecule has 4 nitrogen and oxygen atoms in total. The third-order valence-corrected chi connectivity index (χ3v) is 3.10. The van der Waals surface area contributed by atoms with E-state index in [4.69, 9.17) is 10.5 Å². The Kier molecular flexibility index (Phi) is 4.37. The summed E-state index contributed by atoms with van der Waals surface area (Å²) < 4.78 is 19.2. The van der Waals surface area contributed by atoms with Gasteiger partial charge in [0.1, 0.15) is 5.82 Å². The van der Waals surface area contributed by atoms with Gasteiger partial charge in [0.15, 0.2) is 0 Å². The Morgan fingerprint density at radius 3 is 2.95 bits per heavy atom. The Bertz CT molecular complexity index is 473. The zero-order valence-electron chi connectivity index (χ0n) is 11.0. The van der Waals surface area contributed by atoms with Gasteiger partial charge in [-0.25, -0.2) is 4.39 Å². The van der Waals surface area contributed by atoms with E-state index < -0.39 is 11.7 Å². The summed E-state index contributed by atoms with van der Waals surface area (Å²) in [4.78, 5) is 11.8. The highest BCUT2D eigenvalue weighted by Crippen LogP contribution is 2.28. The number of ether oxygens (including phenoxy) is 1. The molecule has 1 aromatic carbocycles. The molecule has 1 amide bonds. The quantitative estimate of drug-likeness (QED) is 0.610. The number of aryl methyl sites for hydroxylation is 1. The summed E-state index contributed by atoms with van der Waals surface area (Å²) in [5, 5.41) is 2.63. The predicted octanol–water partition coefficient (Wildman–Crippen LogP) is 1.87. The molecule has 0 spiro atoms. The van der Waals surface area contributed by atoms with E-state index in [1.807, 2.05) is 0 Å². The van der Waals surface area contributed by atoms with Crippen LogP contribution in [0, 0.1) is 18.7 Å². The number of hydrogen-bond acceptors (Lipinski definition) is 3. The number of hydrogen-bond donors (Lipinski definition) is 2. The molecule has 2 rings (SSSR count). The van der Waals surface area contributed by atoms with Crippen LogP contribution in [-0.2, 0) is 4.74 Å². The van der Waals surface area contributed by atoms with Crippen LogP contribution in [-0.4, -0.2) is 25.7 Å². The standard InChI is InChI=1S/C14H19FN2O2/c1-9-6-11(16)7-12(13(9)15)14(18)17-4-5-19-8-10-2-3-10/h6-7,10H,2-5,8,16H2,1H3,(H,17,18). The van der Waals surface area contributed by atoms with Crippen molar-refractivity contribution in [3.05, 3.63) is 29.1 Å². The molecule has 0 aliphatic heterocycles. The maximum Gasteiger partial charge on any atom is 0.254 e. The highest BCUT2D eigenvalue weighted by molar-refractivity contribution is 5.95. The third kappa shape index (κ3) is 3.92. The van der Waals surface area contributed by atoms with Crippen molar-refractivity contribution < 1.29 is 13.9 Å². The third-order valence-electron chi connectivity index (χ3n) is 3.10. The predicted molar refractivity (Wildman–Crippen MR) is 71.4 cm³/mol. The second kappa shape index (κ2) is 6.02. The van der Waals surface area contributed by atoms with Gasteiger partial charge in [0.25, 0.3) is 5.91 Å². The lowest BCUT2D eigenvalue weighted by atomic mass is 10.1. The first kappa shape index (κ1) is 13.8. The number of anilines is 1. The van der Waals surface area contributed by atoms with Gasteiger partial charge in [0.2, 0.25) is 0 Å². The number of rotatable bonds is 6. The molecule has 1 saturated carbocycles. The van der Waals surface area contributed by atoms with Gasteiger partial charge >= 0.3 is 0 Å². The fourth-order valence-electron chi connectivity index (χ4n) is 1.83. The van der Waals surface area contributed by atoms with Crippen molar-refractivity contribution in [2.75, 3.05) is 25.5 Å². The van der Waals surface area contributed by atoms with E-state index in [0.717, 1.165) is 6.61 Å². The monoisotopic (exact) mass is 266 g/mol. The van der Waals surface area contributed by atoms with Crippen LogP contribution in [0.4, 0.5) is 10.1 Å². The average molecular weight is 266 g/mol. The normalized spacial score (nSPS) is 14.4. The lowest BCUT2D eigenvalue weighted by Crippen LogP contribution is -2.28. The first-order valence-electron chi connectivity index (χ1n) is 6.49. The fraction of sp³-hybridized carbons (Fsp3) is 0.500. The van der Waals surface area contributed by atoms with Crippen molar-refractivity contribution in [3.8, 4) is 0 Å². The van der Waals surface area contributed by atoms with Crippen LogP contribution in [0.2, 0.25) is 0 Å². The Morgan fingerprint density at radius 2 is 2.26 bits per heavy atom. The van der Waals surface area contributed by atoms with E-state index in [1.54, 1.807) is 6.92 Å². The molecule has 0 atom stereocenters. The summed E-state index contributed by atoms with van der Waals surface area (Å²) in [6.45, 7) is 3.16. The van der Waals surface area contributed by atoms with Crippen molar-refractivity contribution in [1.82, 2.24) is 5.32 Å². The minimum Gasteiger partial charge on any atom is -0.399 e. The fourth-order valence-corrected chi connectivity index (χ4v) is 1.83. The van der Waals surface area contributed by atoms with E-state index in [0.29, 0.717) is 30.3 Å². The van der Waals surface area contributed by atoms with Crippen molar-refractivity contribution >= 4 is 11.6 Å². The molecule has 1 aliphatic carbocycles. The van der Waals surface area contributed by atoms with Gasteiger partial charge in [0.05, 0.1) is 12.2 Å². The smallest absolute Gasteiger partial charge is 0.254 e. The largest absolute Gasteiger partial charge is 0.399 e. The van der Waals surface area contributed by atoms with Crippen molar-refractivity contribution in [2.45, 2.75) is 19.8 Å². The van der Waals surface area contributed by atoms with Gasteiger partial charge in [-0.3, -0.25) is 4.79 Å². The molecule has 0 heterocycles. The lowest BCUT2D eigenvalue weighted by Gasteiger charge is -2.09. The number of benzene rings is 1.